The van der Waals surface area contributed by atoms with E-state index in [9.17, 15) is 9.59 Å². The molecule has 1 aliphatic rings. The van der Waals surface area contributed by atoms with E-state index in [1.165, 1.54) is 0 Å². The lowest BCUT2D eigenvalue weighted by molar-refractivity contribution is -0.137. The van der Waals surface area contributed by atoms with E-state index in [1.54, 1.807) is 11.8 Å². The first-order valence-corrected chi connectivity index (χ1v) is 7.40. The van der Waals surface area contributed by atoms with Crippen molar-refractivity contribution in [3.63, 3.8) is 0 Å². The zero-order chi connectivity index (χ0) is 15.5. The number of carbonyl (C=O) groups excluding carboxylic acids is 2. The highest BCUT2D eigenvalue weighted by atomic mass is 16.6. The number of carbonyl (C=O) groups is 2. The van der Waals surface area contributed by atoms with Crippen LogP contribution in [-0.4, -0.2) is 25.0 Å². The number of nitrogens with zero attached hydrogens (tertiary/aromatic N) is 1. The average molecular weight is 298 g/mol. The summed E-state index contributed by atoms with van der Waals surface area (Å²) < 4.78 is 0. The standard InChI is InChI=1S/C17H18N2O3/c1-2-22-18-17(21)13-10-16(20)19(11-13)15-9-5-7-12-6-3-4-8-14(12)15/h3-9,13H,2,10-11H2,1H3,(H,18,21)/t13-/m1/s1. The molecular formula is C17H18N2O3. The third-order valence-corrected chi connectivity index (χ3v) is 3.87. The SMILES string of the molecule is CCONC(=O)[C@@H]1CC(=O)N(c2cccc3ccccc23)C1. The summed E-state index contributed by atoms with van der Waals surface area (Å²) in [5, 5.41) is 2.10. The number of hydrogen-bond acceptors (Lipinski definition) is 3. The van der Waals surface area contributed by atoms with E-state index in [4.69, 9.17) is 4.84 Å². The minimum Gasteiger partial charge on any atom is -0.311 e. The van der Waals surface area contributed by atoms with Crippen molar-refractivity contribution in [3.05, 3.63) is 42.5 Å². The second-order valence-corrected chi connectivity index (χ2v) is 5.30. The Morgan fingerprint density at radius 1 is 1.27 bits per heavy atom. The van der Waals surface area contributed by atoms with Crippen molar-refractivity contribution >= 4 is 28.3 Å². The lowest BCUT2D eigenvalue weighted by atomic mass is 10.1. The van der Waals surface area contributed by atoms with Gasteiger partial charge in [0.1, 0.15) is 0 Å². The Hall–Kier alpha value is -2.40. The van der Waals surface area contributed by atoms with Gasteiger partial charge in [0, 0.05) is 18.4 Å². The van der Waals surface area contributed by atoms with Crippen LogP contribution in [0.3, 0.4) is 0 Å². The number of amides is 2. The maximum Gasteiger partial charge on any atom is 0.248 e. The van der Waals surface area contributed by atoms with Crippen LogP contribution in [0.2, 0.25) is 0 Å². The number of benzene rings is 2. The Labute approximate surface area is 128 Å². The molecule has 2 amide bonds. The molecule has 0 saturated carbocycles. The van der Waals surface area contributed by atoms with Gasteiger partial charge >= 0.3 is 0 Å². The van der Waals surface area contributed by atoms with Crippen LogP contribution in [0.25, 0.3) is 10.8 Å². The van der Waals surface area contributed by atoms with Crippen LogP contribution in [0, 0.1) is 5.92 Å². The van der Waals surface area contributed by atoms with Crippen LogP contribution in [0.15, 0.2) is 42.5 Å². The van der Waals surface area contributed by atoms with E-state index in [0.717, 1.165) is 16.5 Å². The first-order valence-electron chi connectivity index (χ1n) is 7.40. The monoisotopic (exact) mass is 298 g/mol. The normalized spacial score (nSPS) is 18.0. The van der Waals surface area contributed by atoms with Crippen molar-refractivity contribution in [1.29, 1.82) is 0 Å². The van der Waals surface area contributed by atoms with E-state index >= 15 is 0 Å². The number of rotatable bonds is 4. The minimum atomic E-state index is -0.377. The molecule has 114 valence electrons. The molecule has 22 heavy (non-hydrogen) atoms. The molecule has 1 aliphatic heterocycles. The molecule has 1 saturated heterocycles. The molecule has 0 radical (unpaired) electrons. The largest absolute Gasteiger partial charge is 0.311 e. The molecule has 5 nitrogen and oxygen atoms in total. The molecule has 3 rings (SSSR count). The van der Waals surface area contributed by atoms with Gasteiger partial charge in [0.2, 0.25) is 11.8 Å². The molecule has 2 aromatic rings. The molecule has 0 aliphatic carbocycles. The lowest BCUT2D eigenvalue weighted by Crippen LogP contribution is -2.33. The Morgan fingerprint density at radius 3 is 2.86 bits per heavy atom. The van der Waals surface area contributed by atoms with Crippen molar-refractivity contribution in [2.24, 2.45) is 5.92 Å². The lowest BCUT2D eigenvalue weighted by Gasteiger charge is -2.19. The molecule has 0 unspecified atom stereocenters. The van der Waals surface area contributed by atoms with Gasteiger partial charge in [-0.3, -0.25) is 14.4 Å². The Bertz CT molecular complexity index is 709. The van der Waals surface area contributed by atoms with Gasteiger partial charge in [-0.1, -0.05) is 36.4 Å². The maximum absolute atomic E-state index is 12.3. The summed E-state index contributed by atoms with van der Waals surface area (Å²) in [6.45, 7) is 2.58. The minimum absolute atomic E-state index is 0.0343. The van der Waals surface area contributed by atoms with Gasteiger partial charge < -0.3 is 4.90 Å². The Kier molecular flexibility index (Phi) is 4.06. The van der Waals surface area contributed by atoms with E-state index < -0.39 is 0 Å². The molecular weight excluding hydrogens is 280 g/mol. The van der Waals surface area contributed by atoms with Crippen molar-refractivity contribution in [3.8, 4) is 0 Å². The van der Waals surface area contributed by atoms with Gasteiger partial charge in [-0.15, -0.1) is 0 Å². The van der Waals surface area contributed by atoms with Gasteiger partial charge in [-0.2, -0.15) is 0 Å². The number of anilines is 1. The molecule has 1 fully saturated rings. The van der Waals surface area contributed by atoms with Crippen LogP contribution in [0.4, 0.5) is 5.69 Å². The summed E-state index contributed by atoms with van der Waals surface area (Å²) >= 11 is 0. The van der Waals surface area contributed by atoms with Crippen LogP contribution >= 0.6 is 0 Å². The van der Waals surface area contributed by atoms with Gasteiger partial charge in [0.05, 0.1) is 18.2 Å². The molecule has 5 heteroatoms. The number of nitrogens with one attached hydrogen (secondary N) is 1. The molecule has 0 aromatic heterocycles. The van der Waals surface area contributed by atoms with E-state index in [0.29, 0.717) is 13.2 Å². The second kappa shape index (κ2) is 6.15. The zero-order valence-electron chi connectivity index (χ0n) is 12.4. The summed E-state index contributed by atoms with van der Waals surface area (Å²) in [5.74, 6) is -0.649. The third-order valence-electron chi connectivity index (χ3n) is 3.87. The third kappa shape index (κ3) is 2.67. The van der Waals surface area contributed by atoms with Crippen LogP contribution in [-0.2, 0) is 14.4 Å². The van der Waals surface area contributed by atoms with Crippen LogP contribution in [0.1, 0.15) is 13.3 Å². The van der Waals surface area contributed by atoms with E-state index in [1.807, 2.05) is 42.5 Å². The summed E-state index contributed by atoms with van der Waals surface area (Å²) in [6.07, 6.45) is 0.210. The van der Waals surface area contributed by atoms with Crippen LogP contribution < -0.4 is 10.4 Å². The fourth-order valence-electron chi connectivity index (χ4n) is 2.79. The second-order valence-electron chi connectivity index (χ2n) is 5.30. The molecule has 0 bridgehead atoms. The molecule has 1 heterocycles. The van der Waals surface area contributed by atoms with E-state index in [2.05, 4.69) is 5.48 Å². The topological polar surface area (TPSA) is 58.6 Å². The number of hydrogen-bond donors (Lipinski definition) is 1. The van der Waals surface area contributed by atoms with Crippen LogP contribution in [0.5, 0.6) is 0 Å². The van der Waals surface area contributed by atoms with Crippen molar-refractivity contribution in [2.75, 3.05) is 18.1 Å². The van der Waals surface area contributed by atoms with Crippen molar-refractivity contribution in [1.82, 2.24) is 5.48 Å². The maximum atomic E-state index is 12.3. The van der Waals surface area contributed by atoms with Crippen molar-refractivity contribution in [2.45, 2.75) is 13.3 Å². The smallest absolute Gasteiger partial charge is 0.248 e. The molecule has 2 aromatic carbocycles. The number of fused-ring (bicyclic) bond motifs is 1. The highest BCUT2D eigenvalue weighted by Crippen LogP contribution is 2.31. The van der Waals surface area contributed by atoms with E-state index in [-0.39, 0.29) is 24.2 Å². The summed E-state index contributed by atoms with van der Waals surface area (Å²) in [5.41, 5.74) is 3.24. The summed E-state index contributed by atoms with van der Waals surface area (Å²) in [7, 11) is 0. The average Bonchev–Trinajstić information content (AvgIpc) is 2.94. The summed E-state index contributed by atoms with van der Waals surface area (Å²) in [6, 6.07) is 13.8. The van der Waals surface area contributed by atoms with Gasteiger partial charge in [0.15, 0.2) is 0 Å². The number of hydroxylamine groups is 1. The highest BCUT2D eigenvalue weighted by molar-refractivity contribution is 6.06. The molecule has 1 atom stereocenters. The Morgan fingerprint density at radius 2 is 2.05 bits per heavy atom. The quantitative estimate of drug-likeness (QED) is 0.881. The summed E-state index contributed by atoms with van der Waals surface area (Å²) in [4.78, 5) is 30.9. The first-order chi connectivity index (χ1) is 10.7. The predicted molar refractivity (Wildman–Crippen MR) is 84.2 cm³/mol. The predicted octanol–water partition coefficient (Wildman–Crippen LogP) is 2.26. The zero-order valence-corrected chi connectivity index (χ0v) is 12.4. The first kappa shape index (κ1) is 14.5. The van der Waals surface area contributed by atoms with Gasteiger partial charge in [-0.05, 0) is 18.4 Å². The fourth-order valence-corrected chi connectivity index (χ4v) is 2.79. The Balaban J connectivity index is 1.86. The van der Waals surface area contributed by atoms with Crippen molar-refractivity contribution < 1.29 is 14.4 Å². The fraction of sp³-hybridized carbons (Fsp3) is 0.294. The van der Waals surface area contributed by atoms with Gasteiger partial charge in [0.25, 0.3) is 0 Å². The molecule has 1 N–H and O–H groups in total. The highest BCUT2D eigenvalue weighted by Gasteiger charge is 2.35. The van der Waals surface area contributed by atoms with Gasteiger partial charge in [-0.25, -0.2) is 5.48 Å². The molecule has 0 spiro atoms.